The predicted octanol–water partition coefficient (Wildman–Crippen LogP) is 3.18. The van der Waals surface area contributed by atoms with Gasteiger partial charge in [-0.3, -0.25) is 15.5 Å². The molecular weight excluding hydrogens is 298 g/mol. The lowest BCUT2D eigenvalue weighted by molar-refractivity contribution is -0.121. The molecule has 1 atom stereocenters. The number of fused-ring (bicyclic) bond motifs is 1. The Balaban J connectivity index is 1.92. The van der Waals surface area contributed by atoms with Crippen LogP contribution in [-0.4, -0.2) is 11.9 Å². The smallest absolute Gasteiger partial charge is 0.234 e. The van der Waals surface area contributed by atoms with Crippen molar-refractivity contribution >= 4 is 22.6 Å². The van der Waals surface area contributed by atoms with Gasteiger partial charge in [-0.05, 0) is 28.3 Å². The molecule has 0 spiro atoms. The normalized spacial score (nSPS) is 11.8. The number of carbonyl (C=O) groups excluding carboxylic acids is 1. The van der Waals surface area contributed by atoms with Crippen LogP contribution in [-0.2, 0) is 11.2 Å². The second kappa shape index (κ2) is 6.96. The van der Waals surface area contributed by atoms with Crippen molar-refractivity contribution in [1.29, 1.82) is 5.41 Å². The summed E-state index contributed by atoms with van der Waals surface area (Å²) in [5.41, 5.74) is 7.31. The van der Waals surface area contributed by atoms with E-state index in [9.17, 15) is 4.79 Å². The average molecular weight is 317 g/mol. The van der Waals surface area contributed by atoms with Gasteiger partial charge in [-0.1, -0.05) is 72.8 Å². The minimum absolute atomic E-state index is 0.262. The molecule has 0 aliphatic heterocycles. The molecule has 1 unspecified atom stereocenters. The molecule has 0 fully saturated rings. The molecule has 24 heavy (non-hydrogen) atoms. The first-order valence-corrected chi connectivity index (χ1v) is 7.81. The SMILES string of the molecule is N=C(N)NC(=O)C(Cc1ccc2ccccc2c1)c1ccccc1. The molecule has 0 radical (unpaired) electrons. The van der Waals surface area contributed by atoms with E-state index in [0.29, 0.717) is 6.42 Å². The molecule has 3 aromatic rings. The van der Waals surface area contributed by atoms with E-state index >= 15 is 0 Å². The third-order valence-electron chi connectivity index (χ3n) is 4.03. The second-order valence-corrected chi connectivity index (χ2v) is 5.75. The first-order chi connectivity index (χ1) is 11.6. The van der Waals surface area contributed by atoms with Crippen molar-refractivity contribution < 1.29 is 4.79 Å². The van der Waals surface area contributed by atoms with Gasteiger partial charge in [0.25, 0.3) is 0 Å². The molecule has 3 rings (SSSR count). The highest BCUT2D eigenvalue weighted by molar-refractivity contribution is 5.98. The van der Waals surface area contributed by atoms with Crippen molar-refractivity contribution in [2.75, 3.05) is 0 Å². The van der Waals surface area contributed by atoms with E-state index in [2.05, 4.69) is 29.6 Å². The van der Waals surface area contributed by atoms with Crippen molar-refractivity contribution in [3.05, 3.63) is 83.9 Å². The molecule has 0 saturated heterocycles. The number of amides is 1. The standard InChI is InChI=1S/C20H19N3O/c21-20(22)23-19(24)18(16-7-2-1-3-8-16)13-14-10-11-15-6-4-5-9-17(15)12-14/h1-12,18H,13H2,(H4,21,22,23,24). The van der Waals surface area contributed by atoms with Crippen LogP contribution in [0.3, 0.4) is 0 Å². The second-order valence-electron chi connectivity index (χ2n) is 5.75. The van der Waals surface area contributed by atoms with Gasteiger partial charge >= 0.3 is 0 Å². The van der Waals surface area contributed by atoms with Gasteiger partial charge in [0.05, 0.1) is 5.92 Å². The van der Waals surface area contributed by atoms with E-state index in [-0.39, 0.29) is 11.9 Å². The van der Waals surface area contributed by atoms with E-state index in [4.69, 9.17) is 11.1 Å². The Bertz CT molecular complexity index is 874. The molecule has 120 valence electrons. The summed E-state index contributed by atoms with van der Waals surface area (Å²) in [4.78, 5) is 12.5. The molecule has 0 aliphatic rings. The summed E-state index contributed by atoms with van der Waals surface area (Å²) in [6.07, 6.45) is 0.550. The number of hydrogen-bond acceptors (Lipinski definition) is 2. The Labute approximate surface area is 140 Å². The van der Waals surface area contributed by atoms with Gasteiger partial charge < -0.3 is 5.73 Å². The van der Waals surface area contributed by atoms with E-state index in [1.54, 1.807) is 0 Å². The summed E-state index contributed by atoms with van der Waals surface area (Å²) in [5.74, 6) is -0.988. The van der Waals surface area contributed by atoms with E-state index in [1.807, 2.05) is 48.5 Å². The molecule has 1 amide bonds. The quantitative estimate of drug-likeness (QED) is 0.510. The molecule has 0 saturated carbocycles. The van der Waals surface area contributed by atoms with Crippen LogP contribution >= 0.6 is 0 Å². The Morgan fingerprint density at radius 2 is 1.62 bits per heavy atom. The molecule has 0 heterocycles. The Hall–Kier alpha value is -3.14. The number of guanidine groups is 1. The van der Waals surface area contributed by atoms with Gasteiger partial charge in [0.1, 0.15) is 0 Å². The highest BCUT2D eigenvalue weighted by atomic mass is 16.2. The van der Waals surface area contributed by atoms with Gasteiger partial charge in [-0.15, -0.1) is 0 Å². The Kier molecular flexibility index (Phi) is 4.57. The van der Waals surface area contributed by atoms with Crippen LogP contribution < -0.4 is 11.1 Å². The number of rotatable bonds is 4. The van der Waals surface area contributed by atoms with Crippen LogP contribution in [0.25, 0.3) is 10.8 Å². The maximum atomic E-state index is 12.5. The average Bonchev–Trinajstić information content (AvgIpc) is 2.59. The van der Waals surface area contributed by atoms with Gasteiger partial charge in [0.2, 0.25) is 5.91 Å². The highest BCUT2D eigenvalue weighted by Gasteiger charge is 2.21. The zero-order valence-corrected chi connectivity index (χ0v) is 13.2. The van der Waals surface area contributed by atoms with Gasteiger partial charge in [0.15, 0.2) is 5.96 Å². The van der Waals surface area contributed by atoms with Crippen LogP contribution in [0.5, 0.6) is 0 Å². The van der Waals surface area contributed by atoms with Crippen LogP contribution in [0.15, 0.2) is 72.8 Å². The number of nitrogens with two attached hydrogens (primary N) is 1. The van der Waals surface area contributed by atoms with Gasteiger partial charge in [-0.2, -0.15) is 0 Å². The van der Waals surface area contributed by atoms with Crippen molar-refractivity contribution in [1.82, 2.24) is 5.32 Å². The fourth-order valence-electron chi connectivity index (χ4n) is 2.87. The monoisotopic (exact) mass is 317 g/mol. The maximum absolute atomic E-state index is 12.5. The zero-order valence-electron chi connectivity index (χ0n) is 13.2. The van der Waals surface area contributed by atoms with Crippen molar-refractivity contribution in [2.24, 2.45) is 5.73 Å². The fraction of sp³-hybridized carbons (Fsp3) is 0.100. The van der Waals surface area contributed by atoms with Crippen LogP contribution in [0.1, 0.15) is 17.0 Å². The fourth-order valence-corrected chi connectivity index (χ4v) is 2.87. The summed E-state index contributed by atoms with van der Waals surface area (Å²) in [6, 6.07) is 23.9. The largest absolute Gasteiger partial charge is 0.370 e. The van der Waals surface area contributed by atoms with Crippen molar-refractivity contribution in [3.63, 3.8) is 0 Å². The molecule has 0 aromatic heterocycles. The maximum Gasteiger partial charge on any atom is 0.234 e. The third kappa shape index (κ3) is 3.60. The van der Waals surface area contributed by atoms with Crippen LogP contribution in [0, 0.1) is 5.41 Å². The Morgan fingerprint density at radius 3 is 2.33 bits per heavy atom. The van der Waals surface area contributed by atoms with E-state index < -0.39 is 5.92 Å². The van der Waals surface area contributed by atoms with Crippen molar-refractivity contribution in [3.8, 4) is 0 Å². The molecule has 0 aliphatic carbocycles. The summed E-state index contributed by atoms with van der Waals surface area (Å²) < 4.78 is 0. The lowest BCUT2D eigenvalue weighted by Crippen LogP contribution is -2.39. The molecular formula is C20H19N3O. The number of benzene rings is 3. The molecule has 3 aromatic carbocycles. The van der Waals surface area contributed by atoms with Crippen molar-refractivity contribution in [2.45, 2.75) is 12.3 Å². The summed E-state index contributed by atoms with van der Waals surface area (Å²) in [6.45, 7) is 0. The first-order valence-electron chi connectivity index (χ1n) is 7.81. The van der Waals surface area contributed by atoms with E-state index in [1.165, 1.54) is 5.39 Å². The number of carbonyl (C=O) groups is 1. The summed E-state index contributed by atoms with van der Waals surface area (Å²) >= 11 is 0. The summed E-state index contributed by atoms with van der Waals surface area (Å²) in [7, 11) is 0. The molecule has 4 N–H and O–H groups in total. The lowest BCUT2D eigenvalue weighted by Gasteiger charge is -2.17. The number of nitrogens with one attached hydrogen (secondary N) is 2. The zero-order chi connectivity index (χ0) is 16.9. The highest BCUT2D eigenvalue weighted by Crippen LogP contribution is 2.24. The van der Waals surface area contributed by atoms with Crippen LogP contribution in [0.4, 0.5) is 0 Å². The Morgan fingerprint density at radius 1 is 0.958 bits per heavy atom. The summed E-state index contributed by atoms with van der Waals surface area (Å²) in [5, 5.41) is 12.1. The van der Waals surface area contributed by atoms with Gasteiger partial charge in [0, 0.05) is 0 Å². The lowest BCUT2D eigenvalue weighted by atomic mass is 9.90. The molecule has 0 bridgehead atoms. The third-order valence-corrected chi connectivity index (χ3v) is 4.03. The number of hydrogen-bond donors (Lipinski definition) is 3. The first kappa shape index (κ1) is 15.7. The van der Waals surface area contributed by atoms with Gasteiger partial charge in [-0.25, -0.2) is 0 Å². The molecule has 4 nitrogen and oxygen atoms in total. The topological polar surface area (TPSA) is 79.0 Å². The van der Waals surface area contributed by atoms with E-state index in [0.717, 1.165) is 16.5 Å². The predicted molar refractivity (Wildman–Crippen MR) is 96.9 cm³/mol. The molecule has 4 heteroatoms. The minimum atomic E-state index is -0.392. The minimum Gasteiger partial charge on any atom is -0.370 e. The van der Waals surface area contributed by atoms with Crippen LogP contribution in [0.2, 0.25) is 0 Å².